The molecule has 1 heterocycles. The number of aryl methyl sites for hydroxylation is 1. The van der Waals surface area contributed by atoms with Crippen LogP contribution in [-0.4, -0.2) is 52.3 Å². The van der Waals surface area contributed by atoms with Gasteiger partial charge in [0.15, 0.2) is 15.8 Å². The lowest BCUT2D eigenvalue weighted by molar-refractivity contribution is 0.601. The zero-order chi connectivity index (χ0) is 21.6. The Morgan fingerprint density at radius 2 is 1.61 bits per heavy atom. The van der Waals surface area contributed by atoms with Crippen LogP contribution >= 0.6 is 35.7 Å². The molecule has 0 bridgehead atoms. The largest absolute Gasteiger partial charge is 0.370 e. The van der Waals surface area contributed by atoms with E-state index < -0.39 is 9.84 Å². The molecule has 0 unspecified atom stereocenters. The summed E-state index contributed by atoms with van der Waals surface area (Å²) in [5.41, 5.74) is 4.25. The van der Waals surface area contributed by atoms with Gasteiger partial charge in [-0.2, -0.15) is 11.8 Å². The first kappa shape index (κ1) is 25.8. The number of rotatable bonds is 6. The van der Waals surface area contributed by atoms with E-state index in [1.807, 2.05) is 30.8 Å². The summed E-state index contributed by atoms with van der Waals surface area (Å²) in [4.78, 5) is 7.09. The van der Waals surface area contributed by atoms with Crippen LogP contribution in [0.2, 0.25) is 0 Å². The molecule has 9 heteroatoms. The van der Waals surface area contributed by atoms with E-state index in [4.69, 9.17) is 0 Å². The summed E-state index contributed by atoms with van der Waals surface area (Å²) in [6, 6.07) is 14.1. The van der Waals surface area contributed by atoms with E-state index in [0.717, 1.165) is 24.2 Å². The molecule has 0 aromatic heterocycles. The minimum Gasteiger partial charge on any atom is -0.370 e. The average Bonchev–Trinajstić information content (AvgIpc) is 2.74. The third-order valence-corrected chi connectivity index (χ3v) is 7.29. The molecular weight excluding hydrogens is 543 g/mol. The average molecular weight is 575 g/mol. The summed E-state index contributed by atoms with van der Waals surface area (Å²) in [5, 5.41) is 6.61. The molecule has 1 fully saturated rings. The number of halogens is 1. The number of sulfone groups is 1. The summed E-state index contributed by atoms with van der Waals surface area (Å²) in [5.74, 6) is 3.10. The second-order valence-corrected chi connectivity index (χ2v) is 10.6. The van der Waals surface area contributed by atoms with Crippen molar-refractivity contribution in [3.8, 4) is 0 Å². The SMILES string of the molecule is CN=C(NCc1ccc(N2CCSCC2)cc1)NCc1ccc(S(C)(=O)=O)c(C)c1.I. The highest BCUT2D eigenvalue weighted by atomic mass is 127. The monoisotopic (exact) mass is 574 g/mol. The number of guanidine groups is 1. The molecule has 0 spiro atoms. The molecule has 31 heavy (non-hydrogen) atoms. The lowest BCUT2D eigenvalue weighted by Crippen LogP contribution is -2.36. The highest BCUT2D eigenvalue weighted by Crippen LogP contribution is 2.20. The van der Waals surface area contributed by atoms with Crippen LogP contribution in [0.1, 0.15) is 16.7 Å². The number of thioether (sulfide) groups is 1. The first-order valence-electron chi connectivity index (χ1n) is 10.0. The molecule has 2 aromatic carbocycles. The molecular formula is C22H31IN4O2S2. The van der Waals surface area contributed by atoms with E-state index in [1.165, 1.54) is 29.0 Å². The summed E-state index contributed by atoms with van der Waals surface area (Å²) in [6.45, 7) is 5.30. The fourth-order valence-corrected chi connectivity index (χ4v) is 5.34. The van der Waals surface area contributed by atoms with E-state index in [-0.39, 0.29) is 24.0 Å². The van der Waals surface area contributed by atoms with E-state index >= 15 is 0 Å². The third-order valence-electron chi connectivity index (χ3n) is 5.09. The van der Waals surface area contributed by atoms with Crippen molar-refractivity contribution in [2.75, 3.05) is 42.8 Å². The maximum absolute atomic E-state index is 11.8. The van der Waals surface area contributed by atoms with Crippen LogP contribution in [0.25, 0.3) is 0 Å². The molecule has 2 N–H and O–H groups in total. The highest BCUT2D eigenvalue weighted by Gasteiger charge is 2.12. The standard InChI is InChI=1S/C22H30N4O2S2.HI/c1-17-14-19(6-9-21(17)30(3,27)28)16-25-22(23-2)24-15-18-4-7-20(8-5-18)26-10-12-29-13-11-26;/h4-9,14H,10-13,15-16H2,1-3H3,(H2,23,24,25);1H. The first-order valence-corrected chi connectivity index (χ1v) is 13.1. The van der Waals surface area contributed by atoms with Gasteiger partial charge < -0.3 is 15.5 Å². The van der Waals surface area contributed by atoms with Gasteiger partial charge in [-0.1, -0.05) is 24.3 Å². The number of benzene rings is 2. The van der Waals surface area contributed by atoms with Gasteiger partial charge in [0.2, 0.25) is 0 Å². The predicted octanol–water partition coefficient (Wildman–Crippen LogP) is 3.43. The number of hydrogen-bond acceptors (Lipinski definition) is 5. The second kappa shape index (κ2) is 12.0. The Kier molecular flexibility index (Phi) is 9.95. The molecule has 6 nitrogen and oxygen atoms in total. The Morgan fingerprint density at radius 1 is 1.03 bits per heavy atom. The van der Waals surface area contributed by atoms with Crippen molar-refractivity contribution < 1.29 is 8.42 Å². The second-order valence-electron chi connectivity index (χ2n) is 7.42. The molecule has 0 saturated carbocycles. The minimum absolute atomic E-state index is 0. The minimum atomic E-state index is -3.20. The number of anilines is 1. The Hall–Kier alpha value is -1.46. The lowest BCUT2D eigenvalue weighted by atomic mass is 10.1. The van der Waals surface area contributed by atoms with E-state index in [0.29, 0.717) is 23.9 Å². The Morgan fingerprint density at radius 3 is 2.16 bits per heavy atom. The fourth-order valence-electron chi connectivity index (χ4n) is 3.48. The van der Waals surface area contributed by atoms with Crippen LogP contribution in [-0.2, 0) is 22.9 Å². The van der Waals surface area contributed by atoms with E-state index in [9.17, 15) is 8.42 Å². The van der Waals surface area contributed by atoms with E-state index in [2.05, 4.69) is 44.8 Å². The van der Waals surface area contributed by atoms with Gasteiger partial charge >= 0.3 is 0 Å². The molecule has 2 aromatic rings. The molecule has 0 atom stereocenters. The summed E-state index contributed by atoms with van der Waals surface area (Å²) in [6.07, 6.45) is 1.23. The van der Waals surface area contributed by atoms with Crippen molar-refractivity contribution in [2.24, 2.45) is 4.99 Å². The predicted molar refractivity (Wildman–Crippen MR) is 143 cm³/mol. The zero-order valence-electron chi connectivity index (χ0n) is 18.2. The van der Waals surface area contributed by atoms with Crippen LogP contribution in [0.4, 0.5) is 5.69 Å². The van der Waals surface area contributed by atoms with Gasteiger partial charge in [-0.25, -0.2) is 8.42 Å². The third kappa shape index (κ3) is 7.57. The van der Waals surface area contributed by atoms with Crippen molar-refractivity contribution in [3.63, 3.8) is 0 Å². The quantitative estimate of drug-likeness (QED) is 0.313. The topological polar surface area (TPSA) is 73.8 Å². The lowest BCUT2D eigenvalue weighted by Gasteiger charge is -2.28. The summed E-state index contributed by atoms with van der Waals surface area (Å²) in [7, 11) is -1.46. The van der Waals surface area contributed by atoms with Crippen LogP contribution in [0.15, 0.2) is 52.4 Å². The van der Waals surface area contributed by atoms with Crippen molar-refractivity contribution in [3.05, 3.63) is 59.2 Å². The Balaban J connectivity index is 0.00000341. The van der Waals surface area contributed by atoms with Gasteiger partial charge in [0, 0.05) is 56.7 Å². The number of nitrogens with one attached hydrogen (secondary N) is 2. The normalized spacial score (nSPS) is 14.7. The van der Waals surface area contributed by atoms with Crippen molar-refractivity contribution in [1.82, 2.24) is 10.6 Å². The number of aliphatic imine (C=N–C) groups is 1. The van der Waals surface area contributed by atoms with Gasteiger partial charge in [-0.3, -0.25) is 4.99 Å². The van der Waals surface area contributed by atoms with Crippen LogP contribution in [0.5, 0.6) is 0 Å². The van der Waals surface area contributed by atoms with Gasteiger partial charge in [-0.05, 0) is 41.8 Å². The maximum atomic E-state index is 11.8. The van der Waals surface area contributed by atoms with Crippen molar-refractivity contribution >= 4 is 57.2 Å². The number of nitrogens with zero attached hydrogens (tertiary/aromatic N) is 2. The molecule has 0 aliphatic carbocycles. The molecule has 0 radical (unpaired) electrons. The molecule has 0 amide bonds. The Labute approximate surface area is 207 Å². The van der Waals surface area contributed by atoms with Gasteiger partial charge in [0.25, 0.3) is 0 Å². The molecule has 1 aliphatic rings. The molecule has 3 rings (SSSR count). The van der Waals surface area contributed by atoms with Crippen LogP contribution in [0.3, 0.4) is 0 Å². The van der Waals surface area contributed by atoms with E-state index in [1.54, 1.807) is 13.1 Å². The van der Waals surface area contributed by atoms with Gasteiger partial charge in [0.05, 0.1) is 4.90 Å². The van der Waals surface area contributed by atoms with Crippen molar-refractivity contribution in [2.45, 2.75) is 24.9 Å². The molecule has 1 aliphatic heterocycles. The first-order chi connectivity index (χ1) is 14.4. The van der Waals surface area contributed by atoms with Gasteiger partial charge in [0.1, 0.15) is 0 Å². The van der Waals surface area contributed by atoms with Crippen molar-refractivity contribution in [1.29, 1.82) is 0 Å². The maximum Gasteiger partial charge on any atom is 0.191 e. The highest BCUT2D eigenvalue weighted by molar-refractivity contribution is 14.0. The smallest absolute Gasteiger partial charge is 0.191 e. The number of hydrogen-bond donors (Lipinski definition) is 2. The molecule has 1 saturated heterocycles. The summed E-state index contributed by atoms with van der Waals surface area (Å²) < 4.78 is 23.5. The van der Waals surface area contributed by atoms with Crippen LogP contribution in [0, 0.1) is 6.92 Å². The van der Waals surface area contributed by atoms with Crippen LogP contribution < -0.4 is 15.5 Å². The summed E-state index contributed by atoms with van der Waals surface area (Å²) >= 11 is 2.02. The Bertz CT molecular complexity index is 989. The van der Waals surface area contributed by atoms with Gasteiger partial charge in [-0.15, -0.1) is 24.0 Å². The fraction of sp³-hybridized carbons (Fsp3) is 0.409. The zero-order valence-corrected chi connectivity index (χ0v) is 22.2. The molecule has 170 valence electrons.